The van der Waals surface area contributed by atoms with Gasteiger partial charge in [0, 0.05) is 5.33 Å². The Hall–Kier alpha value is -0.740. The Morgan fingerprint density at radius 2 is 2.27 bits per heavy atom. The van der Waals surface area contributed by atoms with Crippen molar-refractivity contribution in [1.29, 1.82) is 0 Å². The number of carbonyl (C=O) groups is 1. The van der Waals surface area contributed by atoms with Crippen molar-refractivity contribution in [3.8, 4) is 0 Å². The molecular formula is C10H9BrClNO2. The zero-order valence-corrected chi connectivity index (χ0v) is 10.2. The number of halogens is 2. The molecule has 3 nitrogen and oxygen atoms in total. The molecule has 1 fully saturated rings. The number of anilines is 1. The maximum atomic E-state index is 11.5. The molecule has 1 unspecified atom stereocenters. The van der Waals surface area contributed by atoms with Gasteiger partial charge in [-0.3, -0.25) is 4.90 Å². The molecule has 1 atom stereocenters. The molecule has 15 heavy (non-hydrogen) atoms. The standard InChI is InChI=1S/C10H9BrClNO2/c11-5-7-6-13(10(14)15-7)9-4-2-1-3-8(9)12/h1-4,7H,5-6H2. The van der Waals surface area contributed by atoms with Crippen LogP contribution in [0.2, 0.25) is 5.02 Å². The third-order valence-electron chi connectivity index (χ3n) is 2.19. The van der Waals surface area contributed by atoms with Crippen LogP contribution in [0, 0.1) is 0 Å². The fraction of sp³-hybridized carbons (Fsp3) is 0.300. The highest BCUT2D eigenvalue weighted by molar-refractivity contribution is 9.09. The molecule has 0 radical (unpaired) electrons. The second-order valence-corrected chi connectivity index (χ2v) is 4.28. The Balaban J connectivity index is 2.25. The quantitative estimate of drug-likeness (QED) is 0.784. The molecule has 0 bridgehead atoms. The van der Waals surface area contributed by atoms with Crippen molar-refractivity contribution in [3.05, 3.63) is 29.3 Å². The predicted octanol–water partition coefficient (Wildman–Crippen LogP) is 3.06. The maximum absolute atomic E-state index is 11.5. The van der Waals surface area contributed by atoms with Crippen molar-refractivity contribution in [2.45, 2.75) is 6.10 Å². The lowest BCUT2D eigenvalue weighted by atomic mass is 10.3. The van der Waals surface area contributed by atoms with E-state index in [0.717, 1.165) is 0 Å². The first-order valence-corrected chi connectivity index (χ1v) is 6.01. The minimum absolute atomic E-state index is 0.103. The molecule has 0 spiro atoms. The van der Waals surface area contributed by atoms with Crippen LogP contribution in [-0.2, 0) is 4.74 Å². The molecule has 0 saturated carbocycles. The number of hydrogen-bond acceptors (Lipinski definition) is 2. The summed E-state index contributed by atoms with van der Waals surface area (Å²) in [6.07, 6.45) is -0.443. The van der Waals surface area contributed by atoms with Crippen LogP contribution in [0.3, 0.4) is 0 Å². The molecule has 0 aromatic heterocycles. The van der Waals surface area contributed by atoms with E-state index in [4.69, 9.17) is 16.3 Å². The van der Waals surface area contributed by atoms with Gasteiger partial charge in [-0.05, 0) is 12.1 Å². The summed E-state index contributed by atoms with van der Waals surface area (Å²) >= 11 is 9.28. The van der Waals surface area contributed by atoms with E-state index in [0.29, 0.717) is 22.6 Å². The van der Waals surface area contributed by atoms with Crippen LogP contribution >= 0.6 is 27.5 Å². The Labute approximate surface area is 101 Å². The van der Waals surface area contributed by atoms with Gasteiger partial charge in [0.05, 0.1) is 17.3 Å². The lowest BCUT2D eigenvalue weighted by Crippen LogP contribution is -2.24. The number of cyclic esters (lactones) is 1. The van der Waals surface area contributed by atoms with Crippen molar-refractivity contribution in [2.75, 3.05) is 16.8 Å². The van der Waals surface area contributed by atoms with Gasteiger partial charge < -0.3 is 4.74 Å². The summed E-state index contributed by atoms with van der Waals surface area (Å²) < 4.78 is 5.11. The summed E-state index contributed by atoms with van der Waals surface area (Å²) in [6.45, 7) is 0.536. The fourth-order valence-corrected chi connectivity index (χ4v) is 2.04. The Bertz CT molecular complexity index is 385. The molecule has 1 heterocycles. The zero-order valence-electron chi connectivity index (χ0n) is 7.82. The molecule has 1 aromatic rings. The van der Waals surface area contributed by atoms with Gasteiger partial charge in [-0.2, -0.15) is 0 Å². The van der Waals surface area contributed by atoms with E-state index < -0.39 is 0 Å². The summed E-state index contributed by atoms with van der Waals surface area (Å²) in [6, 6.07) is 7.23. The lowest BCUT2D eigenvalue weighted by molar-refractivity contribution is 0.152. The normalized spacial score (nSPS) is 20.5. The van der Waals surface area contributed by atoms with Gasteiger partial charge >= 0.3 is 6.09 Å². The number of para-hydroxylation sites is 1. The van der Waals surface area contributed by atoms with Gasteiger partial charge in [-0.25, -0.2) is 4.79 Å². The molecule has 1 amide bonds. The van der Waals surface area contributed by atoms with Gasteiger partial charge in [0.1, 0.15) is 6.10 Å². The van der Waals surface area contributed by atoms with Gasteiger partial charge in [-0.15, -0.1) is 0 Å². The molecule has 1 saturated heterocycles. The van der Waals surface area contributed by atoms with E-state index in [-0.39, 0.29) is 12.2 Å². The van der Waals surface area contributed by atoms with E-state index in [1.54, 1.807) is 17.0 Å². The number of carbonyl (C=O) groups excluding carboxylic acids is 1. The summed E-state index contributed by atoms with van der Waals surface area (Å²) in [5.41, 5.74) is 0.701. The molecule has 1 aliphatic heterocycles. The van der Waals surface area contributed by atoms with Crippen molar-refractivity contribution in [2.24, 2.45) is 0 Å². The average Bonchev–Trinajstić information content (AvgIpc) is 2.60. The minimum atomic E-state index is -0.340. The smallest absolute Gasteiger partial charge is 0.414 e. The van der Waals surface area contributed by atoms with Crippen molar-refractivity contribution < 1.29 is 9.53 Å². The highest BCUT2D eigenvalue weighted by Gasteiger charge is 2.32. The molecular weight excluding hydrogens is 281 g/mol. The first-order valence-electron chi connectivity index (χ1n) is 4.51. The monoisotopic (exact) mass is 289 g/mol. The number of amides is 1. The van der Waals surface area contributed by atoms with E-state index >= 15 is 0 Å². The fourth-order valence-electron chi connectivity index (χ4n) is 1.47. The first kappa shape index (κ1) is 10.8. The van der Waals surface area contributed by atoms with Crippen LogP contribution in [0.15, 0.2) is 24.3 Å². The number of nitrogens with zero attached hydrogens (tertiary/aromatic N) is 1. The summed E-state index contributed by atoms with van der Waals surface area (Å²) in [5, 5.41) is 1.20. The van der Waals surface area contributed by atoms with Gasteiger partial charge in [0.25, 0.3) is 0 Å². The van der Waals surface area contributed by atoms with Crippen LogP contribution in [-0.4, -0.2) is 24.1 Å². The van der Waals surface area contributed by atoms with Crippen LogP contribution < -0.4 is 4.90 Å². The van der Waals surface area contributed by atoms with E-state index in [2.05, 4.69) is 15.9 Å². The zero-order chi connectivity index (χ0) is 10.8. The molecule has 1 aromatic carbocycles. The van der Waals surface area contributed by atoms with Crippen molar-refractivity contribution in [3.63, 3.8) is 0 Å². The van der Waals surface area contributed by atoms with E-state index in [1.165, 1.54) is 0 Å². The first-order chi connectivity index (χ1) is 7.22. The second kappa shape index (κ2) is 4.41. The third-order valence-corrected chi connectivity index (χ3v) is 3.23. The van der Waals surface area contributed by atoms with Gasteiger partial charge in [0.15, 0.2) is 0 Å². The molecule has 0 aliphatic carbocycles. The van der Waals surface area contributed by atoms with Crippen LogP contribution in [0.4, 0.5) is 10.5 Å². The van der Waals surface area contributed by atoms with E-state index in [1.807, 2.05) is 12.1 Å². The van der Waals surface area contributed by atoms with Gasteiger partial charge in [-0.1, -0.05) is 39.7 Å². The topological polar surface area (TPSA) is 29.5 Å². The molecule has 5 heteroatoms. The SMILES string of the molecule is O=C1OC(CBr)CN1c1ccccc1Cl. The number of rotatable bonds is 2. The summed E-state index contributed by atoms with van der Waals surface area (Å²) in [7, 11) is 0. The van der Waals surface area contributed by atoms with E-state index in [9.17, 15) is 4.79 Å². The number of benzene rings is 1. The van der Waals surface area contributed by atoms with Crippen LogP contribution in [0.1, 0.15) is 0 Å². The Kier molecular flexibility index (Phi) is 3.17. The van der Waals surface area contributed by atoms with Crippen molar-refractivity contribution in [1.82, 2.24) is 0 Å². The highest BCUT2D eigenvalue weighted by Crippen LogP contribution is 2.29. The maximum Gasteiger partial charge on any atom is 0.414 e. The summed E-state index contributed by atoms with van der Waals surface area (Å²) in [5.74, 6) is 0. The predicted molar refractivity (Wildman–Crippen MR) is 62.9 cm³/mol. The number of ether oxygens (including phenoxy) is 1. The number of hydrogen-bond donors (Lipinski definition) is 0. The molecule has 1 aliphatic rings. The number of alkyl halides is 1. The summed E-state index contributed by atoms with van der Waals surface area (Å²) in [4.78, 5) is 13.1. The van der Waals surface area contributed by atoms with Crippen LogP contribution in [0.5, 0.6) is 0 Å². The second-order valence-electron chi connectivity index (χ2n) is 3.22. The largest absolute Gasteiger partial charge is 0.443 e. The minimum Gasteiger partial charge on any atom is -0.443 e. The van der Waals surface area contributed by atoms with Crippen molar-refractivity contribution >= 4 is 39.3 Å². The molecule has 0 N–H and O–H groups in total. The molecule has 80 valence electrons. The third kappa shape index (κ3) is 2.11. The average molecular weight is 291 g/mol. The van der Waals surface area contributed by atoms with Gasteiger partial charge in [0.2, 0.25) is 0 Å². The van der Waals surface area contributed by atoms with Crippen LogP contribution in [0.25, 0.3) is 0 Å². The molecule has 2 rings (SSSR count). The Morgan fingerprint density at radius 1 is 1.53 bits per heavy atom. The lowest BCUT2D eigenvalue weighted by Gasteiger charge is -2.13. The Morgan fingerprint density at radius 3 is 2.87 bits per heavy atom. The highest BCUT2D eigenvalue weighted by atomic mass is 79.9.